The van der Waals surface area contributed by atoms with Crippen molar-refractivity contribution in [1.29, 1.82) is 0 Å². The second kappa shape index (κ2) is 7.76. The van der Waals surface area contributed by atoms with Crippen molar-refractivity contribution in [2.45, 2.75) is 26.8 Å². The minimum Gasteiger partial charge on any atom is -0.468 e. The van der Waals surface area contributed by atoms with Crippen molar-refractivity contribution in [2.75, 3.05) is 33.4 Å². The van der Waals surface area contributed by atoms with E-state index in [1.807, 2.05) is 11.8 Å². The Morgan fingerprint density at radius 3 is 2.50 bits per heavy atom. The molecular formula is C10H21NO3. The van der Waals surface area contributed by atoms with Gasteiger partial charge in [0.1, 0.15) is 0 Å². The molecule has 0 fully saturated rings. The molecule has 0 saturated heterocycles. The van der Waals surface area contributed by atoms with Gasteiger partial charge in [-0.1, -0.05) is 0 Å². The highest BCUT2D eigenvalue weighted by atomic mass is 16.5. The van der Waals surface area contributed by atoms with Gasteiger partial charge >= 0.3 is 5.97 Å². The van der Waals surface area contributed by atoms with Gasteiger partial charge in [0.25, 0.3) is 0 Å². The lowest BCUT2D eigenvalue weighted by Crippen LogP contribution is -2.38. The van der Waals surface area contributed by atoms with Crippen LogP contribution in [0.2, 0.25) is 0 Å². The Morgan fingerprint density at radius 1 is 1.43 bits per heavy atom. The zero-order valence-electron chi connectivity index (χ0n) is 9.58. The number of nitrogens with zero attached hydrogens (tertiary/aromatic N) is 1. The standard InChI is InChI=1S/C10H21NO3/c1-5-14-7-6-11(9(2)3)8-10(12)13-4/h9H,5-8H2,1-4H3. The summed E-state index contributed by atoms with van der Waals surface area (Å²) < 4.78 is 9.85. The summed E-state index contributed by atoms with van der Waals surface area (Å²) in [6, 6.07) is 0.328. The predicted octanol–water partition coefficient (Wildman–Crippen LogP) is 0.906. The molecule has 0 N–H and O–H groups in total. The number of ether oxygens (including phenoxy) is 2. The van der Waals surface area contributed by atoms with Crippen LogP contribution in [-0.4, -0.2) is 50.3 Å². The Labute approximate surface area is 86.2 Å². The molecule has 0 atom stereocenters. The van der Waals surface area contributed by atoms with E-state index in [2.05, 4.69) is 18.6 Å². The molecule has 0 aliphatic rings. The summed E-state index contributed by atoms with van der Waals surface area (Å²) in [5.41, 5.74) is 0. The fourth-order valence-electron chi connectivity index (χ4n) is 1.08. The monoisotopic (exact) mass is 203 g/mol. The van der Waals surface area contributed by atoms with Crippen molar-refractivity contribution in [3.63, 3.8) is 0 Å². The number of carbonyl (C=O) groups is 1. The van der Waals surface area contributed by atoms with E-state index < -0.39 is 0 Å². The normalized spacial score (nSPS) is 11.0. The Kier molecular flexibility index (Phi) is 7.42. The van der Waals surface area contributed by atoms with Crippen molar-refractivity contribution in [3.05, 3.63) is 0 Å². The van der Waals surface area contributed by atoms with Gasteiger partial charge < -0.3 is 9.47 Å². The van der Waals surface area contributed by atoms with E-state index in [0.717, 1.165) is 6.54 Å². The van der Waals surface area contributed by atoms with Crippen molar-refractivity contribution < 1.29 is 14.3 Å². The third-order valence-corrected chi connectivity index (χ3v) is 2.02. The molecule has 0 aromatic carbocycles. The van der Waals surface area contributed by atoms with Crippen LogP contribution in [0.1, 0.15) is 20.8 Å². The highest BCUT2D eigenvalue weighted by Crippen LogP contribution is 1.98. The summed E-state index contributed by atoms with van der Waals surface area (Å²) in [4.78, 5) is 13.1. The summed E-state index contributed by atoms with van der Waals surface area (Å²) in [5, 5.41) is 0. The molecule has 4 nitrogen and oxygen atoms in total. The fraction of sp³-hybridized carbons (Fsp3) is 0.900. The van der Waals surface area contributed by atoms with Gasteiger partial charge in [0, 0.05) is 19.2 Å². The number of esters is 1. The lowest BCUT2D eigenvalue weighted by molar-refractivity contribution is -0.142. The van der Waals surface area contributed by atoms with Crippen molar-refractivity contribution in [1.82, 2.24) is 4.90 Å². The molecule has 4 heteroatoms. The first-order chi connectivity index (χ1) is 6.61. The van der Waals surface area contributed by atoms with Crippen LogP contribution in [0.15, 0.2) is 0 Å². The van der Waals surface area contributed by atoms with Crippen LogP contribution >= 0.6 is 0 Å². The van der Waals surface area contributed by atoms with E-state index in [-0.39, 0.29) is 5.97 Å². The van der Waals surface area contributed by atoms with Gasteiger partial charge in [-0.05, 0) is 20.8 Å². The SMILES string of the molecule is CCOCCN(CC(=O)OC)C(C)C. The van der Waals surface area contributed by atoms with Crippen LogP contribution in [-0.2, 0) is 14.3 Å². The van der Waals surface area contributed by atoms with Gasteiger partial charge in [-0.15, -0.1) is 0 Å². The largest absolute Gasteiger partial charge is 0.468 e. The smallest absolute Gasteiger partial charge is 0.319 e. The minimum atomic E-state index is -0.199. The zero-order valence-corrected chi connectivity index (χ0v) is 9.58. The van der Waals surface area contributed by atoms with E-state index in [1.165, 1.54) is 7.11 Å². The highest BCUT2D eigenvalue weighted by molar-refractivity contribution is 5.71. The van der Waals surface area contributed by atoms with Gasteiger partial charge in [-0.25, -0.2) is 0 Å². The Hall–Kier alpha value is -0.610. The van der Waals surface area contributed by atoms with Crippen molar-refractivity contribution >= 4 is 5.97 Å². The number of methoxy groups -OCH3 is 1. The van der Waals surface area contributed by atoms with Crippen LogP contribution in [0.3, 0.4) is 0 Å². The fourth-order valence-corrected chi connectivity index (χ4v) is 1.08. The summed E-state index contributed by atoms with van der Waals surface area (Å²) >= 11 is 0. The van der Waals surface area contributed by atoms with Crippen LogP contribution in [0.25, 0.3) is 0 Å². The number of carbonyl (C=O) groups excluding carboxylic acids is 1. The minimum absolute atomic E-state index is 0.199. The van der Waals surface area contributed by atoms with Crippen LogP contribution in [0.4, 0.5) is 0 Å². The molecule has 14 heavy (non-hydrogen) atoms. The average molecular weight is 203 g/mol. The molecule has 0 aliphatic carbocycles. The predicted molar refractivity (Wildman–Crippen MR) is 55.2 cm³/mol. The molecule has 0 spiro atoms. The van der Waals surface area contributed by atoms with Crippen LogP contribution in [0.5, 0.6) is 0 Å². The first-order valence-electron chi connectivity index (χ1n) is 5.00. The van der Waals surface area contributed by atoms with Gasteiger partial charge in [0.2, 0.25) is 0 Å². The lowest BCUT2D eigenvalue weighted by atomic mass is 10.3. The van der Waals surface area contributed by atoms with Gasteiger partial charge in [-0.3, -0.25) is 9.69 Å². The number of hydrogen-bond donors (Lipinski definition) is 0. The molecule has 0 unspecified atom stereocenters. The van der Waals surface area contributed by atoms with E-state index in [0.29, 0.717) is 25.8 Å². The Morgan fingerprint density at radius 2 is 2.07 bits per heavy atom. The molecule has 0 heterocycles. The molecule has 0 aromatic heterocycles. The topological polar surface area (TPSA) is 38.8 Å². The van der Waals surface area contributed by atoms with Crippen LogP contribution < -0.4 is 0 Å². The Balaban J connectivity index is 3.83. The van der Waals surface area contributed by atoms with E-state index >= 15 is 0 Å². The molecule has 0 aromatic rings. The first-order valence-corrected chi connectivity index (χ1v) is 5.00. The maximum absolute atomic E-state index is 11.1. The Bertz CT molecular complexity index is 159. The van der Waals surface area contributed by atoms with E-state index in [9.17, 15) is 4.79 Å². The summed E-state index contributed by atoms with van der Waals surface area (Å²) in [7, 11) is 1.41. The molecule has 0 amide bonds. The van der Waals surface area contributed by atoms with Crippen LogP contribution in [0, 0.1) is 0 Å². The number of hydrogen-bond acceptors (Lipinski definition) is 4. The second-order valence-corrected chi connectivity index (χ2v) is 3.34. The third-order valence-electron chi connectivity index (χ3n) is 2.02. The van der Waals surface area contributed by atoms with Crippen molar-refractivity contribution in [2.24, 2.45) is 0 Å². The molecule has 0 saturated carbocycles. The molecule has 84 valence electrons. The van der Waals surface area contributed by atoms with Gasteiger partial charge in [0.15, 0.2) is 0 Å². The maximum Gasteiger partial charge on any atom is 0.319 e. The third kappa shape index (κ3) is 5.94. The zero-order chi connectivity index (χ0) is 11.0. The van der Waals surface area contributed by atoms with E-state index in [4.69, 9.17) is 4.74 Å². The van der Waals surface area contributed by atoms with E-state index in [1.54, 1.807) is 0 Å². The number of rotatable bonds is 7. The molecule has 0 radical (unpaired) electrons. The highest BCUT2D eigenvalue weighted by Gasteiger charge is 2.13. The summed E-state index contributed by atoms with van der Waals surface area (Å²) in [6.45, 7) is 8.53. The van der Waals surface area contributed by atoms with Crippen molar-refractivity contribution in [3.8, 4) is 0 Å². The van der Waals surface area contributed by atoms with Gasteiger partial charge in [-0.2, -0.15) is 0 Å². The quantitative estimate of drug-likeness (QED) is 0.455. The summed E-state index contributed by atoms with van der Waals surface area (Å²) in [5.74, 6) is -0.199. The second-order valence-electron chi connectivity index (χ2n) is 3.34. The van der Waals surface area contributed by atoms with Gasteiger partial charge in [0.05, 0.1) is 20.3 Å². The molecule has 0 rings (SSSR count). The summed E-state index contributed by atoms with van der Waals surface area (Å²) in [6.07, 6.45) is 0. The molecule has 0 bridgehead atoms. The molecule has 0 aliphatic heterocycles. The molecular weight excluding hydrogens is 182 g/mol. The first kappa shape index (κ1) is 13.4. The lowest BCUT2D eigenvalue weighted by Gasteiger charge is -2.24. The maximum atomic E-state index is 11.1. The average Bonchev–Trinajstić information content (AvgIpc) is 2.16.